The van der Waals surface area contributed by atoms with E-state index in [-0.39, 0.29) is 0 Å². The Morgan fingerprint density at radius 1 is 0.400 bits per heavy atom. The molecular weight excluding hydrogens is 605 g/mol. The topological polar surface area (TPSA) is 9.86 Å². The lowest BCUT2D eigenvalue weighted by Gasteiger charge is -2.15. The molecule has 2 aromatic heterocycles. The van der Waals surface area contributed by atoms with Crippen molar-refractivity contribution in [3.05, 3.63) is 175 Å². The summed E-state index contributed by atoms with van der Waals surface area (Å²) in [5, 5.41) is 11.7. The van der Waals surface area contributed by atoms with Gasteiger partial charge in [0, 0.05) is 38.8 Å². The molecule has 0 saturated heterocycles. The lowest BCUT2D eigenvalue weighted by atomic mass is 9.94. The molecule has 0 bridgehead atoms. The van der Waals surface area contributed by atoms with Crippen molar-refractivity contribution in [2.45, 2.75) is 12.8 Å². The highest BCUT2D eigenvalue weighted by Gasteiger charge is 2.22. The summed E-state index contributed by atoms with van der Waals surface area (Å²) in [7, 11) is 0. The van der Waals surface area contributed by atoms with Crippen molar-refractivity contribution in [3.63, 3.8) is 0 Å². The highest BCUT2D eigenvalue weighted by atomic mass is 15.0. The molecule has 2 heteroatoms. The van der Waals surface area contributed by atoms with Gasteiger partial charge in [-0.1, -0.05) is 121 Å². The van der Waals surface area contributed by atoms with Crippen molar-refractivity contribution in [1.29, 1.82) is 0 Å². The average molecular weight is 637 g/mol. The molecule has 0 aliphatic heterocycles. The van der Waals surface area contributed by atoms with E-state index in [1.54, 1.807) is 0 Å². The molecule has 1 aliphatic carbocycles. The number of benzene rings is 8. The molecule has 234 valence electrons. The number of aromatic nitrogens is 2. The second-order valence-electron chi connectivity index (χ2n) is 13.6. The van der Waals surface area contributed by atoms with Crippen LogP contribution in [0, 0.1) is 0 Å². The highest BCUT2D eigenvalue weighted by molar-refractivity contribution is 6.25. The van der Waals surface area contributed by atoms with Crippen LogP contribution in [0.4, 0.5) is 0 Å². The molecular formula is C48H32N2. The zero-order valence-corrected chi connectivity index (χ0v) is 27.5. The number of fused-ring (bicyclic) bond motifs is 12. The molecule has 10 aromatic rings. The van der Waals surface area contributed by atoms with Gasteiger partial charge in [0.05, 0.1) is 16.6 Å². The van der Waals surface area contributed by atoms with Crippen LogP contribution in [-0.2, 0) is 6.42 Å². The van der Waals surface area contributed by atoms with Crippen molar-refractivity contribution in [2.75, 3.05) is 0 Å². The summed E-state index contributed by atoms with van der Waals surface area (Å²) < 4.78 is 4.94. The van der Waals surface area contributed by atoms with Gasteiger partial charge < -0.3 is 9.13 Å². The molecule has 8 aromatic carbocycles. The van der Waals surface area contributed by atoms with E-state index in [9.17, 15) is 0 Å². The van der Waals surface area contributed by atoms with Crippen LogP contribution in [0.2, 0.25) is 0 Å². The van der Waals surface area contributed by atoms with Gasteiger partial charge in [-0.05, 0) is 105 Å². The Bertz CT molecular complexity index is 2990. The van der Waals surface area contributed by atoms with Gasteiger partial charge >= 0.3 is 0 Å². The fourth-order valence-electron chi connectivity index (χ4n) is 8.81. The van der Waals surface area contributed by atoms with E-state index in [4.69, 9.17) is 0 Å². The van der Waals surface area contributed by atoms with Gasteiger partial charge in [0.1, 0.15) is 0 Å². The number of para-hydroxylation sites is 3. The Hall–Kier alpha value is -6.38. The van der Waals surface area contributed by atoms with Gasteiger partial charge in [0.15, 0.2) is 0 Å². The molecule has 2 heterocycles. The minimum atomic E-state index is 1.04. The van der Waals surface area contributed by atoms with Crippen LogP contribution in [0.15, 0.2) is 164 Å². The predicted molar refractivity (Wildman–Crippen MR) is 213 cm³/mol. The zero-order chi connectivity index (χ0) is 32.8. The van der Waals surface area contributed by atoms with Crippen LogP contribution in [-0.4, -0.2) is 9.13 Å². The Morgan fingerprint density at radius 2 is 1.04 bits per heavy atom. The maximum Gasteiger partial charge on any atom is 0.0619 e. The lowest BCUT2D eigenvalue weighted by molar-refractivity contribution is 0.968. The molecule has 0 amide bonds. The maximum atomic E-state index is 2.50. The SMILES string of the molecule is C1=Cc2c(c3cc(-c4cccc5c6ccccc6n(-c6ccccc6)c45)ccc3n2-c2ccc3c4ccccc4c4ccccc4c3c2)CC1. The lowest BCUT2D eigenvalue weighted by Crippen LogP contribution is -2.00. The molecule has 0 radical (unpaired) electrons. The summed E-state index contributed by atoms with van der Waals surface area (Å²) in [4.78, 5) is 0. The van der Waals surface area contributed by atoms with Crippen LogP contribution in [0.1, 0.15) is 17.7 Å². The molecule has 1 aliphatic rings. The van der Waals surface area contributed by atoms with Gasteiger partial charge in [-0.25, -0.2) is 0 Å². The molecule has 11 rings (SSSR count). The zero-order valence-electron chi connectivity index (χ0n) is 27.5. The summed E-state index contributed by atoms with van der Waals surface area (Å²) >= 11 is 0. The number of nitrogens with zero attached hydrogens (tertiary/aromatic N) is 2. The largest absolute Gasteiger partial charge is 0.310 e. The molecule has 0 atom stereocenters. The van der Waals surface area contributed by atoms with E-state index in [1.807, 2.05) is 0 Å². The monoisotopic (exact) mass is 636 g/mol. The number of hydrogen-bond acceptors (Lipinski definition) is 0. The predicted octanol–water partition coefficient (Wildman–Crippen LogP) is 12.8. The normalized spacial score (nSPS) is 13.0. The first-order valence-electron chi connectivity index (χ1n) is 17.6. The fraction of sp³-hybridized carbons (Fsp3) is 0.0417. The van der Waals surface area contributed by atoms with E-state index in [1.165, 1.54) is 98.8 Å². The minimum Gasteiger partial charge on any atom is -0.310 e. The molecule has 0 N–H and O–H groups in total. The smallest absolute Gasteiger partial charge is 0.0619 e. The quantitative estimate of drug-likeness (QED) is 0.171. The molecule has 50 heavy (non-hydrogen) atoms. The Balaban J connectivity index is 1.17. The Labute approximate surface area is 289 Å². The van der Waals surface area contributed by atoms with E-state index in [0.29, 0.717) is 0 Å². The van der Waals surface area contributed by atoms with Crippen molar-refractivity contribution < 1.29 is 0 Å². The highest BCUT2D eigenvalue weighted by Crippen LogP contribution is 2.42. The van der Waals surface area contributed by atoms with E-state index >= 15 is 0 Å². The fourth-order valence-corrected chi connectivity index (χ4v) is 8.81. The van der Waals surface area contributed by atoms with Gasteiger partial charge in [-0.2, -0.15) is 0 Å². The minimum absolute atomic E-state index is 1.04. The molecule has 0 spiro atoms. The second kappa shape index (κ2) is 10.6. The van der Waals surface area contributed by atoms with E-state index in [0.717, 1.165) is 12.8 Å². The van der Waals surface area contributed by atoms with Gasteiger partial charge in [0.2, 0.25) is 0 Å². The van der Waals surface area contributed by atoms with E-state index in [2.05, 4.69) is 179 Å². The third-order valence-electron chi connectivity index (χ3n) is 11.0. The van der Waals surface area contributed by atoms with Crippen molar-refractivity contribution in [3.8, 4) is 22.5 Å². The van der Waals surface area contributed by atoms with Crippen molar-refractivity contribution in [2.24, 2.45) is 0 Å². The third-order valence-corrected chi connectivity index (χ3v) is 11.0. The first kappa shape index (κ1) is 27.6. The van der Waals surface area contributed by atoms with Crippen molar-refractivity contribution in [1.82, 2.24) is 9.13 Å². The Kier molecular flexibility index (Phi) is 5.82. The summed E-state index contributed by atoms with van der Waals surface area (Å²) in [5.41, 5.74) is 11.3. The summed E-state index contributed by atoms with van der Waals surface area (Å²) in [5.74, 6) is 0. The van der Waals surface area contributed by atoms with Crippen LogP contribution in [0.5, 0.6) is 0 Å². The molecule has 2 nitrogen and oxygen atoms in total. The molecule has 0 fully saturated rings. The van der Waals surface area contributed by atoms with Gasteiger partial charge in [0.25, 0.3) is 0 Å². The average Bonchev–Trinajstić information content (AvgIpc) is 3.71. The third kappa shape index (κ3) is 3.85. The van der Waals surface area contributed by atoms with Gasteiger partial charge in [-0.3, -0.25) is 0 Å². The maximum absolute atomic E-state index is 2.50. The number of rotatable bonds is 3. The Morgan fingerprint density at radius 3 is 1.82 bits per heavy atom. The first-order valence-corrected chi connectivity index (χ1v) is 17.6. The summed E-state index contributed by atoms with van der Waals surface area (Å²) in [6, 6.07) is 58.2. The number of allylic oxidation sites excluding steroid dienone is 1. The summed E-state index contributed by atoms with van der Waals surface area (Å²) in [6.45, 7) is 0. The molecule has 0 unspecified atom stereocenters. The molecule has 0 saturated carbocycles. The van der Waals surface area contributed by atoms with E-state index < -0.39 is 0 Å². The van der Waals surface area contributed by atoms with Crippen molar-refractivity contribution >= 4 is 71.1 Å². The van der Waals surface area contributed by atoms with Crippen LogP contribution >= 0.6 is 0 Å². The standard InChI is InChI=1S/C48H32N2/c1-2-13-32(14-3-1)50-46-24-11-8-19-40(46)42-22-12-21-34(48(42)50)31-25-28-47-44(29-31)41-20-9-10-23-45(41)49(47)33-26-27-39-37-17-5-4-15-35(37)36-16-6-7-18-38(36)43(39)30-33/h1-8,10-19,21-30H,9,20H2. The van der Waals surface area contributed by atoms with Crippen LogP contribution in [0.3, 0.4) is 0 Å². The van der Waals surface area contributed by atoms with Crippen LogP contribution in [0.25, 0.3) is 93.6 Å². The number of hydrogen-bond donors (Lipinski definition) is 0. The van der Waals surface area contributed by atoms with Gasteiger partial charge in [-0.15, -0.1) is 0 Å². The first-order chi connectivity index (χ1) is 24.8. The second-order valence-corrected chi connectivity index (χ2v) is 13.6. The number of aryl methyl sites for hydroxylation is 1. The van der Waals surface area contributed by atoms with Crippen LogP contribution < -0.4 is 0 Å². The summed E-state index contributed by atoms with van der Waals surface area (Å²) in [6.07, 6.45) is 6.77.